The highest BCUT2D eigenvalue weighted by molar-refractivity contribution is 5.06. The fourth-order valence-corrected chi connectivity index (χ4v) is 3.84. The summed E-state index contributed by atoms with van der Waals surface area (Å²) in [5.74, 6) is 2.58. The van der Waals surface area contributed by atoms with Gasteiger partial charge < -0.3 is 5.73 Å². The largest absolute Gasteiger partial charge is 0.329 e. The molecule has 18 heavy (non-hydrogen) atoms. The molecular weight excluding hydrogens is 220 g/mol. The Hall–Kier alpha value is -0.0800. The standard InChI is InChI=1S/C16H32N2/c1-12(2)13-8-16(9-13,11-17)18-7-6-14(10-18)15(3,4)5/h12-14H,6-11,17H2,1-5H3. The average molecular weight is 252 g/mol. The van der Waals surface area contributed by atoms with Crippen molar-refractivity contribution in [2.75, 3.05) is 19.6 Å². The first kappa shape index (κ1) is 14.3. The quantitative estimate of drug-likeness (QED) is 0.836. The third kappa shape index (κ3) is 2.46. The number of hydrogen-bond acceptors (Lipinski definition) is 2. The smallest absolute Gasteiger partial charge is 0.0337 e. The molecule has 0 bridgehead atoms. The van der Waals surface area contributed by atoms with Crippen molar-refractivity contribution in [2.24, 2.45) is 28.9 Å². The molecule has 1 aliphatic carbocycles. The summed E-state index contributed by atoms with van der Waals surface area (Å²) in [6.45, 7) is 15.2. The first-order valence-corrected chi connectivity index (χ1v) is 7.73. The highest BCUT2D eigenvalue weighted by atomic mass is 15.2. The van der Waals surface area contributed by atoms with E-state index in [9.17, 15) is 0 Å². The second-order valence-electron chi connectivity index (χ2n) is 8.14. The van der Waals surface area contributed by atoms with Gasteiger partial charge in [0.15, 0.2) is 0 Å². The fourth-order valence-electron chi connectivity index (χ4n) is 3.84. The van der Waals surface area contributed by atoms with Gasteiger partial charge >= 0.3 is 0 Å². The Labute approximate surface area is 113 Å². The Kier molecular flexibility index (Phi) is 3.81. The summed E-state index contributed by atoms with van der Waals surface area (Å²) in [4.78, 5) is 2.72. The van der Waals surface area contributed by atoms with Crippen molar-refractivity contribution < 1.29 is 0 Å². The Morgan fingerprint density at radius 1 is 1.28 bits per heavy atom. The van der Waals surface area contributed by atoms with Gasteiger partial charge in [0.1, 0.15) is 0 Å². The Morgan fingerprint density at radius 3 is 2.28 bits per heavy atom. The molecule has 1 saturated carbocycles. The summed E-state index contributed by atoms with van der Waals surface area (Å²) in [5, 5.41) is 0. The predicted octanol–water partition coefficient (Wildman–Crippen LogP) is 3.12. The lowest BCUT2D eigenvalue weighted by molar-refractivity contribution is -0.0259. The molecule has 2 fully saturated rings. The second-order valence-corrected chi connectivity index (χ2v) is 8.14. The van der Waals surface area contributed by atoms with Crippen LogP contribution in [0.2, 0.25) is 0 Å². The average Bonchev–Trinajstić information content (AvgIpc) is 2.65. The minimum absolute atomic E-state index is 0.356. The maximum absolute atomic E-state index is 6.12. The summed E-state index contributed by atoms with van der Waals surface area (Å²) >= 11 is 0. The third-order valence-electron chi connectivity index (χ3n) is 5.69. The van der Waals surface area contributed by atoms with Crippen molar-refractivity contribution in [2.45, 2.75) is 59.4 Å². The summed E-state index contributed by atoms with van der Waals surface area (Å²) in [6.07, 6.45) is 4.02. The van der Waals surface area contributed by atoms with Gasteiger partial charge in [-0.15, -0.1) is 0 Å². The van der Waals surface area contributed by atoms with Crippen LogP contribution in [-0.2, 0) is 0 Å². The van der Waals surface area contributed by atoms with Gasteiger partial charge in [-0.3, -0.25) is 4.90 Å². The first-order chi connectivity index (χ1) is 8.28. The van der Waals surface area contributed by atoms with E-state index in [1.807, 2.05) is 0 Å². The number of hydrogen-bond donors (Lipinski definition) is 1. The molecule has 2 heteroatoms. The van der Waals surface area contributed by atoms with Crippen molar-refractivity contribution in [1.82, 2.24) is 4.90 Å². The summed E-state index contributed by atoms with van der Waals surface area (Å²) in [5.41, 5.74) is 6.93. The van der Waals surface area contributed by atoms with E-state index in [-0.39, 0.29) is 0 Å². The molecule has 106 valence electrons. The summed E-state index contributed by atoms with van der Waals surface area (Å²) < 4.78 is 0. The Morgan fingerprint density at radius 2 is 1.89 bits per heavy atom. The summed E-state index contributed by atoms with van der Waals surface area (Å²) in [6, 6.07) is 0. The van der Waals surface area contributed by atoms with E-state index in [0.29, 0.717) is 11.0 Å². The molecule has 1 unspecified atom stereocenters. The molecule has 2 nitrogen and oxygen atoms in total. The lowest BCUT2D eigenvalue weighted by Crippen LogP contribution is -2.62. The van der Waals surface area contributed by atoms with E-state index in [2.05, 4.69) is 39.5 Å². The van der Waals surface area contributed by atoms with Gasteiger partial charge in [0.2, 0.25) is 0 Å². The van der Waals surface area contributed by atoms with Crippen molar-refractivity contribution in [1.29, 1.82) is 0 Å². The molecule has 1 aliphatic heterocycles. The minimum atomic E-state index is 0.356. The van der Waals surface area contributed by atoms with Crippen molar-refractivity contribution >= 4 is 0 Å². The lowest BCUT2D eigenvalue weighted by Gasteiger charge is -2.54. The predicted molar refractivity (Wildman–Crippen MR) is 78.5 cm³/mol. The van der Waals surface area contributed by atoms with Crippen LogP contribution in [0.3, 0.4) is 0 Å². The van der Waals surface area contributed by atoms with E-state index >= 15 is 0 Å². The SMILES string of the molecule is CC(C)C1CC(CN)(N2CCC(C(C)(C)C)C2)C1. The van der Waals surface area contributed by atoms with Crippen LogP contribution < -0.4 is 5.73 Å². The first-order valence-electron chi connectivity index (χ1n) is 7.73. The molecule has 0 amide bonds. The maximum Gasteiger partial charge on any atom is 0.0337 e. The molecule has 1 heterocycles. The van der Waals surface area contributed by atoms with E-state index in [0.717, 1.165) is 24.3 Å². The Balaban J connectivity index is 1.96. The molecule has 2 rings (SSSR count). The fraction of sp³-hybridized carbons (Fsp3) is 1.00. The van der Waals surface area contributed by atoms with Crippen LogP contribution in [0.25, 0.3) is 0 Å². The van der Waals surface area contributed by atoms with Crippen molar-refractivity contribution in [3.63, 3.8) is 0 Å². The van der Waals surface area contributed by atoms with Crippen molar-refractivity contribution in [3.05, 3.63) is 0 Å². The molecule has 1 atom stereocenters. The van der Waals surface area contributed by atoms with Crippen LogP contribution in [-0.4, -0.2) is 30.1 Å². The monoisotopic (exact) mass is 252 g/mol. The molecule has 2 aliphatic rings. The Bertz CT molecular complexity index is 284. The van der Waals surface area contributed by atoms with E-state index in [4.69, 9.17) is 5.73 Å². The molecule has 1 saturated heterocycles. The van der Waals surface area contributed by atoms with Gasteiger partial charge in [0.25, 0.3) is 0 Å². The van der Waals surface area contributed by atoms with Crippen LogP contribution in [0.5, 0.6) is 0 Å². The number of rotatable bonds is 3. The molecule has 0 aromatic heterocycles. The van der Waals surface area contributed by atoms with Crippen LogP contribution >= 0.6 is 0 Å². The second kappa shape index (κ2) is 4.79. The maximum atomic E-state index is 6.12. The van der Waals surface area contributed by atoms with Gasteiger partial charge in [-0.05, 0) is 49.0 Å². The van der Waals surface area contributed by atoms with E-state index < -0.39 is 0 Å². The van der Waals surface area contributed by atoms with Crippen LogP contribution in [0.15, 0.2) is 0 Å². The van der Waals surface area contributed by atoms with Gasteiger partial charge in [-0.25, -0.2) is 0 Å². The molecule has 0 aromatic carbocycles. The molecule has 0 aromatic rings. The third-order valence-corrected chi connectivity index (χ3v) is 5.69. The molecular formula is C16H32N2. The van der Waals surface area contributed by atoms with Gasteiger partial charge in [-0.1, -0.05) is 34.6 Å². The van der Waals surface area contributed by atoms with Crippen LogP contribution in [0.1, 0.15) is 53.9 Å². The number of nitrogens with two attached hydrogens (primary N) is 1. The zero-order valence-electron chi connectivity index (χ0n) is 13.0. The lowest BCUT2D eigenvalue weighted by atomic mass is 9.63. The highest BCUT2D eigenvalue weighted by Gasteiger charge is 2.50. The van der Waals surface area contributed by atoms with Gasteiger partial charge in [0, 0.05) is 18.6 Å². The molecule has 2 N–H and O–H groups in total. The molecule has 0 spiro atoms. The van der Waals surface area contributed by atoms with Crippen LogP contribution in [0.4, 0.5) is 0 Å². The van der Waals surface area contributed by atoms with Crippen LogP contribution in [0, 0.1) is 23.2 Å². The van der Waals surface area contributed by atoms with Crippen molar-refractivity contribution in [3.8, 4) is 0 Å². The van der Waals surface area contributed by atoms with E-state index in [1.54, 1.807) is 0 Å². The number of likely N-dealkylation sites (tertiary alicyclic amines) is 1. The summed E-state index contributed by atoms with van der Waals surface area (Å²) in [7, 11) is 0. The number of nitrogens with zero attached hydrogens (tertiary/aromatic N) is 1. The molecule has 0 radical (unpaired) electrons. The normalized spacial score (nSPS) is 38.2. The van der Waals surface area contributed by atoms with E-state index in [1.165, 1.54) is 32.4 Å². The highest BCUT2D eigenvalue weighted by Crippen LogP contribution is 2.48. The topological polar surface area (TPSA) is 29.3 Å². The van der Waals surface area contributed by atoms with Gasteiger partial charge in [-0.2, -0.15) is 0 Å². The zero-order chi connectivity index (χ0) is 13.6. The van der Waals surface area contributed by atoms with Gasteiger partial charge in [0.05, 0.1) is 0 Å². The minimum Gasteiger partial charge on any atom is -0.329 e. The zero-order valence-corrected chi connectivity index (χ0v) is 13.0.